The van der Waals surface area contributed by atoms with E-state index in [0.717, 1.165) is 18.8 Å². The van der Waals surface area contributed by atoms with Gasteiger partial charge in [-0.2, -0.15) is 0 Å². The van der Waals surface area contributed by atoms with E-state index in [1.165, 1.54) is 24.1 Å². The van der Waals surface area contributed by atoms with Gasteiger partial charge in [0.15, 0.2) is 0 Å². The van der Waals surface area contributed by atoms with Crippen molar-refractivity contribution >= 4 is 17.3 Å². The van der Waals surface area contributed by atoms with Crippen LogP contribution in [0, 0.1) is 12.8 Å². The largest absolute Gasteiger partial charge is 0.371 e. The van der Waals surface area contributed by atoms with Gasteiger partial charge < -0.3 is 10.2 Å². The van der Waals surface area contributed by atoms with Gasteiger partial charge in [-0.15, -0.1) is 0 Å². The van der Waals surface area contributed by atoms with Gasteiger partial charge in [0.2, 0.25) is 5.91 Å². The molecule has 18 heavy (non-hydrogen) atoms. The highest BCUT2D eigenvalue weighted by molar-refractivity contribution is 5.92. The summed E-state index contributed by atoms with van der Waals surface area (Å²) in [5.41, 5.74) is 3.43. The van der Waals surface area contributed by atoms with Gasteiger partial charge in [0.25, 0.3) is 0 Å². The van der Waals surface area contributed by atoms with Crippen LogP contribution in [0.4, 0.5) is 11.4 Å². The first kappa shape index (κ1) is 12.9. The van der Waals surface area contributed by atoms with Crippen molar-refractivity contribution in [3.05, 3.63) is 23.8 Å². The van der Waals surface area contributed by atoms with Crippen LogP contribution in [-0.2, 0) is 4.79 Å². The predicted molar refractivity (Wildman–Crippen MR) is 76.1 cm³/mol. The number of hydrogen-bond acceptors (Lipinski definition) is 2. The summed E-state index contributed by atoms with van der Waals surface area (Å²) in [5, 5.41) is 2.94. The number of carbonyl (C=O) groups excluding carboxylic acids is 1. The molecule has 1 aliphatic heterocycles. The Morgan fingerprint density at radius 2 is 1.94 bits per heavy atom. The molecule has 0 saturated carbocycles. The van der Waals surface area contributed by atoms with Crippen LogP contribution in [0.5, 0.6) is 0 Å². The quantitative estimate of drug-likeness (QED) is 0.888. The second-order valence-electron chi connectivity index (χ2n) is 5.34. The summed E-state index contributed by atoms with van der Waals surface area (Å²) in [6, 6.07) is 6.19. The standard InChI is InChI=1S/C15H22N2O/c1-11(2)15(18)16-13-6-7-14(12(3)10-13)17-8-4-5-9-17/h6-7,10-11H,4-5,8-9H2,1-3H3,(H,16,18). The molecule has 0 bridgehead atoms. The molecule has 3 heteroatoms. The molecule has 0 spiro atoms. The fourth-order valence-corrected chi connectivity index (χ4v) is 2.33. The molecule has 1 aliphatic rings. The summed E-state index contributed by atoms with van der Waals surface area (Å²) in [5.74, 6) is 0.0897. The number of nitrogens with one attached hydrogen (secondary N) is 1. The molecule has 1 fully saturated rings. The van der Waals surface area contributed by atoms with Gasteiger partial charge in [0, 0.05) is 30.4 Å². The Morgan fingerprint density at radius 3 is 2.50 bits per heavy atom. The van der Waals surface area contributed by atoms with E-state index in [1.807, 2.05) is 19.9 Å². The molecule has 0 radical (unpaired) electrons. The van der Waals surface area contributed by atoms with Crippen LogP contribution >= 0.6 is 0 Å². The SMILES string of the molecule is Cc1cc(NC(=O)C(C)C)ccc1N1CCCC1. The van der Waals surface area contributed by atoms with Crippen LogP contribution in [0.1, 0.15) is 32.3 Å². The van der Waals surface area contributed by atoms with Crippen molar-refractivity contribution in [1.29, 1.82) is 0 Å². The van der Waals surface area contributed by atoms with E-state index in [-0.39, 0.29) is 11.8 Å². The molecule has 0 aromatic heterocycles. The van der Waals surface area contributed by atoms with Crippen LogP contribution in [0.25, 0.3) is 0 Å². The predicted octanol–water partition coefficient (Wildman–Crippen LogP) is 3.19. The van der Waals surface area contributed by atoms with Crippen LogP contribution in [-0.4, -0.2) is 19.0 Å². The zero-order chi connectivity index (χ0) is 13.1. The zero-order valence-corrected chi connectivity index (χ0v) is 11.5. The average molecular weight is 246 g/mol. The number of rotatable bonds is 3. The Bertz CT molecular complexity index is 434. The van der Waals surface area contributed by atoms with Crippen LogP contribution in [0.2, 0.25) is 0 Å². The van der Waals surface area contributed by atoms with E-state index in [4.69, 9.17) is 0 Å². The van der Waals surface area contributed by atoms with Crippen LogP contribution < -0.4 is 10.2 Å². The van der Waals surface area contributed by atoms with E-state index in [9.17, 15) is 4.79 Å². The Labute approximate surface area is 109 Å². The molecular formula is C15H22N2O. The smallest absolute Gasteiger partial charge is 0.226 e. The highest BCUT2D eigenvalue weighted by atomic mass is 16.1. The monoisotopic (exact) mass is 246 g/mol. The summed E-state index contributed by atoms with van der Waals surface area (Å²) >= 11 is 0. The van der Waals surface area contributed by atoms with E-state index < -0.39 is 0 Å². The molecule has 1 amide bonds. The maximum absolute atomic E-state index is 11.6. The Kier molecular flexibility index (Phi) is 3.90. The lowest BCUT2D eigenvalue weighted by Crippen LogP contribution is -2.20. The second-order valence-corrected chi connectivity index (χ2v) is 5.34. The van der Waals surface area contributed by atoms with Crippen molar-refractivity contribution in [3.63, 3.8) is 0 Å². The van der Waals surface area contributed by atoms with E-state index in [0.29, 0.717) is 0 Å². The third-order valence-corrected chi connectivity index (χ3v) is 3.44. The third kappa shape index (κ3) is 2.84. The molecule has 1 heterocycles. The lowest BCUT2D eigenvalue weighted by molar-refractivity contribution is -0.118. The highest BCUT2D eigenvalue weighted by Crippen LogP contribution is 2.26. The van der Waals surface area contributed by atoms with Crippen LogP contribution in [0.15, 0.2) is 18.2 Å². The number of aryl methyl sites for hydroxylation is 1. The molecule has 1 N–H and O–H groups in total. The van der Waals surface area contributed by atoms with Crippen molar-refractivity contribution in [2.75, 3.05) is 23.3 Å². The summed E-state index contributed by atoms with van der Waals surface area (Å²) in [6.07, 6.45) is 2.57. The molecule has 0 atom stereocenters. The van der Waals surface area contributed by atoms with Gasteiger partial charge in [0.1, 0.15) is 0 Å². The molecule has 1 aromatic carbocycles. The minimum Gasteiger partial charge on any atom is -0.371 e. The zero-order valence-electron chi connectivity index (χ0n) is 11.5. The molecule has 0 aliphatic carbocycles. The average Bonchev–Trinajstić information content (AvgIpc) is 2.82. The lowest BCUT2D eigenvalue weighted by Gasteiger charge is -2.21. The minimum absolute atomic E-state index is 0.0172. The number of carbonyl (C=O) groups is 1. The van der Waals surface area contributed by atoms with Crippen molar-refractivity contribution in [1.82, 2.24) is 0 Å². The summed E-state index contributed by atoms with van der Waals surface area (Å²) in [6.45, 7) is 8.22. The fraction of sp³-hybridized carbons (Fsp3) is 0.533. The van der Waals surface area contributed by atoms with Gasteiger partial charge in [-0.3, -0.25) is 4.79 Å². The van der Waals surface area contributed by atoms with Gasteiger partial charge in [-0.05, 0) is 43.5 Å². The molecule has 0 unspecified atom stereocenters. The van der Waals surface area contributed by atoms with Gasteiger partial charge in [0.05, 0.1) is 0 Å². The van der Waals surface area contributed by atoms with Crippen molar-refractivity contribution in [3.8, 4) is 0 Å². The first-order valence-corrected chi connectivity index (χ1v) is 6.74. The Hall–Kier alpha value is -1.51. The normalized spacial score (nSPS) is 15.2. The van der Waals surface area contributed by atoms with Crippen molar-refractivity contribution in [2.45, 2.75) is 33.6 Å². The van der Waals surface area contributed by atoms with Crippen molar-refractivity contribution < 1.29 is 4.79 Å². The van der Waals surface area contributed by atoms with E-state index in [1.54, 1.807) is 0 Å². The number of amides is 1. The topological polar surface area (TPSA) is 32.3 Å². The molecule has 1 aromatic rings. The van der Waals surface area contributed by atoms with Gasteiger partial charge >= 0.3 is 0 Å². The molecule has 2 rings (SSSR count). The summed E-state index contributed by atoms with van der Waals surface area (Å²) < 4.78 is 0. The number of anilines is 2. The van der Waals surface area contributed by atoms with Gasteiger partial charge in [-0.25, -0.2) is 0 Å². The lowest BCUT2D eigenvalue weighted by atomic mass is 10.1. The Morgan fingerprint density at radius 1 is 1.28 bits per heavy atom. The fourth-order valence-electron chi connectivity index (χ4n) is 2.33. The molecule has 3 nitrogen and oxygen atoms in total. The number of hydrogen-bond donors (Lipinski definition) is 1. The van der Waals surface area contributed by atoms with Gasteiger partial charge in [-0.1, -0.05) is 13.8 Å². The van der Waals surface area contributed by atoms with E-state index >= 15 is 0 Å². The highest BCUT2D eigenvalue weighted by Gasteiger charge is 2.15. The van der Waals surface area contributed by atoms with E-state index in [2.05, 4.69) is 29.3 Å². The molecule has 98 valence electrons. The Balaban J connectivity index is 2.11. The number of benzene rings is 1. The second kappa shape index (κ2) is 5.42. The maximum atomic E-state index is 11.6. The van der Waals surface area contributed by atoms with Crippen molar-refractivity contribution in [2.24, 2.45) is 5.92 Å². The summed E-state index contributed by atoms with van der Waals surface area (Å²) in [7, 11) is 0. The van der Waals surface area contributed by atoms with Crippen LogP contribution in [0.3, 0.4) is 0 Å². The first-order chi connectivity index (χ1) is 8.58. The third-order valence-electron chi connectivity index (χ3n) is 3.44. The molecular weight excluding hydrogens is 224 g/mol. The maximum Gasteiger partial charge on any atom is 0.226 e. The molecule has 1 saturated heterocycles. The first-order valence-electron chi connectivity index (χ1n) is 6.74. The number of nitrogens with zero attached hydrogens (tertiary/aromatic N) is 1. The minimum atomic E-state index is 0.0172. The summed E-state index contributed by atoms with van der Waals surface area (Å²) in [4.78, 5) is 14.1.